The Kier molecular flexibility index (Phi) is 3.91. The van der Waals surface area contributed by atoms with Crippen molar-refractivity contribution in [1.29, 1.82) is 0 Å². The van der Waals surface area contributed by atoms with Crippen LogP contribution in [-0.2, 0) is 0 Å². The molecule has 4 nitrogen and oxygen atoms in total. The molecule has 0 saturated heterocycles. The van der Waals surface area contributed by atoms with E-state index in [0.29, 0.717) is 5.88 Å². The Morgan fingerprint density at radius 2 is 1.94 bits per heavy atom. The van der Waals surface area contributed by atoms with Gasteiger partial charge in [-0.2, -0.15) is 5.10 Å². The molecule has 0 unspecified atom stereocenters. The first-order valence-electron chi connectivity index (χ1n) is 5.64. The van der Waals surface area contributed by atoms with E-state index < -0.39 is 0 Å². The van der Waals surface area contributed by atoms with Crippen LogP contribution in [0, 0.1) is 6.92 Å². The molecule has 0 aliphatic rings. The van der Waals surface area contributed by atoms with Crippen LogP contribution in [0.25, 0.3) is 0 Å². The minimum atomic E-state index is 0.586. The molecule has 18 heavy (non-hydrogen) atoms. The van der Waals surface area contributed by atoms with Crippen molar-refractivity contribution in [2.24, 2.45) is 5.10 Å². The fourth-order valence-electron chi connectivity index (χ4n) is 1.40. The van der Waals surface area contributed by atoms with E-state index in [-0.39, 0.29) is 0 Å². The fraction of sp³-hybridized carbons (Fsp3) is 0.143. The van der Waals surface area contributed by atoms with Crippen LogP contribution in [0.1, 0.15) is 11.1 Å². The molecule has 0 amide bonds. The molecular formula is C14H15N3O. The summed E-state index contributed by atoms with van der Waals surface area (Å²) in [6.07, 6.45) is 3.44. The number of benzene rings is 1. The van der Waals surface area contributed by atoms with Crippen LogP contribution in [0.15, 0.2) is 47.7 Å². The zero-order valence-corrected chi connectivity index (χ0v) is 10.4. The van der Waals surface area contributed by atoms with Crippen LogP contribution >= 0.6 is 0 Å². The lowest BCUT2D eigenvalue weighted by Crippen LogP contribution is -1.92. The van der Waals surface area contributed by atoms with E-state index in [1.165, 1.54) is 5.56 Å². The summed E-state index contributed by atoms with van der Waals surface area (Å²) in [4.78, 5) is 4.08. The van der Waals surface area contributed by atoms with Crippen LogP contribution in [0.2, 0.25) is 0 Å². The van der Waals surface area contributed by atoms with E-state index >= 15 is 0 Å². The number of hydrogen-bond donors (Lipinski definition) is 1. The van der Waals surface area contributed by atoms with Crippen molar-refractivity contribution in [2.75, 3.05) is 12.5 Å². The highest BCUT2D eigenvalue weighted by molar-refractivity contribution is 5.80. The summed E-state index contributed by atoms with van der Waals surface area (Å²) in [5.41, 5.74) is 6.02. The first-order valence-corrected chi connectivity index (χ1v) is 5.64. The van der Waals surface area contributed by atoms with Crippen molar-refractivity contribution in [1.82, 2.24) is 4.98 Å². The third-order valence-electron chi connectivity index (χ3n) is 2.43. The Labute approximate surface area is 106 Å². The van der Waals surface area contributed by atoms with Gasteiger partial charge in [0.25, 0.3) is 0 Å². The Bertz CT molecular complexity index is 518. The lowest BCUT2D eigenvalue weighted by atomic mass is 10.2. The molecule has 0 saturated carbocycles. The number of nitrogens with zero attached hydrogens (tertiary/aromatic N) is 2. The SMILES string of the molecule is COc1ccc(NN=Cc2ccc(C)cc2)cn1. The summed E-state index contributed by atoms with van der Waals surface area (Å²) in [5, 5.41) is 4.14. The average molecular weight is 241 g/mol. The summed E-state index contributed by atoms with van der Waals surface area (Å²) in [5.74, 6) is 0.586. The summed E-state index contributed by atoms with van der Waals surface area (Å²) >= 11 is 0. The van der Waals surface area contributed by atoms with Crippen molar-refractivity contribution in [2.45, 2.75) is 6.92 Å². The van der Waals surface area contributed by atoms with Crippen LogP contribution in [0.3, 0.4) is 0 Å². The highest BCUT2D eigenvalue weighted by atomic mass is 16.5. The summed E-state index contributed by atoms with van der Waals surface area (Å²) in [7, 11) is 1.59. The Morgan fingerprint density at radius 3 is 2.56 bits per heavy atom. The Morgan fingerprint density at radius 1 is 1.17 bits per heavy atom. The third kappa shape index (κ3) is 3.31. The van der Waals surface area contributed by atoms with Crippen LogP contribution in [0.4, 0.5) is 5.69 Å². The second-order valence-corrected chi connectivity index (χ2v) is 3.87. The molecule has 0 bridgehead atoms. The number of ether oxygens (including phenoxy) is 1. The molecule has 0 atom stereocenters. The van der Waals surface area contributed by atoms with Crippen molar-refractivity contribution >= 4 is 11.9 Å². The van der Waals surface area contributed by atoms with Gasteiger partial charge in [0, 0.05) is 6.07 Å². The van der Waals surface area contributed by atoms with Crippen LogP contribution in [-0.4, -0.2) is 18.3 Å². The number of pyridine rings is 1. The zero-order chi connectivity index (χ0) is 12.8. The number of methoxy groups -OCH3 is 1. The van der Waals surface area contributed by atoms with Gasteiger partial charge in [0.05, 0.1) is 25.2 Å². The molecule has 0 aliphatic heterocycles. The molecule has 0 radical (unpaired) electrons. The molecule has 1 N–H and O–H groups in total. The monoisotopic (exact) mass is 241 g/mol. The summed E-state index contributed by atoms with van der Waals surface area (Å²) in [6, 6.07) is 11.8. The van der Waals surface area contributed by atoms with E-state index in [9.17, 15) is 0 Å². The maximum Gasteiger partial charge on any atom is 0.213 e. The lowest BCUT2D eigenvalue weighted by Gasteiger charge is -2.01. The van der Waals surface area contributed by atoms with Gasteiger partial charge in [-0.25, -0.2) is 4.98 Å². The molecule has 1 aromatic carbocycles. The molecule has 1 heterocycles. The first-order chi connectivity index (χ1) is 8.78. The molecule has 0 aliphatic carbocycles. The summed E-state index contributed by atoms with van der Waals surface area (Å²) < 4.78 is 4.98. The van der Waals surface area contributed by atoms with Gasteiger partial charge in [0.1, 0.15) is 0 Å². The number of hydrazone groups is 1. The smallest absolute Gasteiger partial charge is 0.213 e. The number of aromatic nitrogens is 1. The third-order valence-corrected chi connectivity index (χ3v) is 2.43. The van der Waals surface area contributed by atoms with Crippen molar-refractivity contribution < 1.29 is 4.74 Å². The van der Waals surface area contributed by atoms with Gasteiger partial charge in [0.15, 0.2) is 0 Å². The normalized spacial score (nSPS) is 10.6. The molecule has 4 heteroatoms. The van der Waals surface area contributed by atoms with Gasteiger partial charge in [-0.1, -0.05) is 29.8 Å². The van der Waals surface area contributed by atoms with E-state index in [1.807, 2.05) is 18.2 Å². The number of nitrogens with one attached hydrogen (secondary N) is 1. The highest BCUT2D eigenvalue weighted by Gasteiger charge is 1.93. The minimum absolute atomic E-state index is 0.586. The van der Waals surface area contributed by atoms with Gasteiger partial charge in [-0.05, 0) is 18.6 Å². The lowest BCUT2D eigenvalue weighted by molar-refractivity contribution is 0.398. The van der Waals surface area contributed by atoms with Gasteiger partial charge in [-0.3, -0.25) is 5.43 Å². The molecule has 2 aromatic rings. The second-order valence-electron chi connectivity index (χ2n) is 3.87. The van der Waals surface area contributed by atoms with Crippen molar-refractivity contribution in [3.63, 3.8) is 0 Å². The average Bonchev–Trinajstić information content (AvgIpc) is 2.42. The van der Waals surface area contributed by atoms with E-state index in [0.717, 1.165) is 11.3 Å². The second kappa shape index (κ2) is 5.82. The predicted molar refractivity (Wildman–Crippen MR) is 73.2 cm³/mol. The molecule has 0 fully saturated rings. The number of aryl methyl sites for hydroxylation is 1. The highest BCUT2D eigenvalue weighted by Crippen LogP contribution is 2.10. The first kappa shape index (κ1) is 12.1. The van der Waals surface area contributed by atoms with Gasteiger partial charge >= 0.3 is 0 Å². The van der Waals surface area contributed by atoms with E-state index in [4.69, 9.17) is 4.74 Å². The minimum Gasteiger partial charge on any atom is -0.481 e. The number of rotatable bonds is 4. The quantitative estimate of drug-likeness (QED) is 0.661. The van der Waals surface area contributed by atoms with Crippen molar-refractivity contribution in [3.8, 4) is 5.88 Å². The topological polar surface area (TPSA) is 46.5 Å². The Balaban J connectivity index is 1.95. The van der Waals surface area contributed by atoms with E-state index in [2.05, 4.69) is 34.6 Å². The molecular weight excluding hydrogens is 226 g/mol. The maximum atomic E-state index is 4.98. The number of hydrogen-bond acceptors (Lipinski definition) is 4. The van der Waals surface area contributed by atoms with Crippen molar-refractivity contribution in [3.05, 3.63) is 53.7 Å². The fourth-order valence-corrected chi connectivity index (χ4v) is 1.40. The van der Waals surface area contributed by atoms with Gasteiger partial charge in [0.2, 0.25) is 5.88 Å². The molecule has 92 valence electrons. The van der Waals surface area contributed by atoms with Gasteiger partial charge < -0.3 is 4.74 Å². The number of anilines is 1. The molecule has 2 rings (SSSR count). The molecule has 0 spiro atoms. The largest absolute Gasteiger partial charge is 0.481 e. The zero-order valence-electron chi connectivity index (χ0n) is 10.4. The van der Waals surface area contributed by atoms with E-state index in [1.54, 1.807) is 25.6 Å². The van der Waals surface area contributed by atoms with Gasteiger partial charge in [-0.15, -0.1) is 0 Å². The maximum absolute atomic E-state index is 4.98. The summed E-state index contributed by atoms with van der Waals surface area (Å²) in [6.45, 7) is 2.06. The Hall–Kier alpha value is -2.36. The predicted octanol–water partition coefficient (Wildman–Crippen LogP) is 2.84. The van der Waals surface area contributed by atoms with Crippen LogP contribution < -0.4 is 10.2 Å². The molecule has 1 aromatic heterocycles. The van der Waals surface area contributed by atoms with Crippen LogP contribution in [0.5, 0.6) is 5.88 Å². The standard InChI is InChI=1S/C14H15N3O/c1-11-3-5-12(6-4-11)9-16-17-13-7-8-14(18-2)15-10-13/h3-10,17H,1-2H3.